The van der Waals surface area contributed by atoms with Crippen LogP contribution >= 0.6 is 0 Å². The molecule has 0 radical (unpaired) electrons. The first-order valence-electron chi connectivity index (χ1n) is 11.8. The van der Waals surface area contributed by atoms with Crippen LogP contribution in [0.4, 0.5) is 30.8 Å². The van der Waals surface area contributed by atoms with Gasteiger partial charge >= 0.3 is 6.18 Å². The van der Waals surface area contributed by atoms with Crippen molar-refractivity contribution in [2.45, 2.75) is 33.9 Å². The van der Waals surface area contributed by atoms with Crippen molar-refractivity contribution in [3.05, 3.63) is 53.5 Å². The van der Waals surface area contributed by atoms with Gasteiger partial charge in [-0.1, -0.05) is 0 Å². The molecule has 0 N–H and O–H groups in total. The normalized spacial score (nSPS) is 14.4. The molecule has 1 fully saturated rings. The molecule has 186 valence electrons. The molecule has 4 heterocycles. The van der Waals surface area contributed by atoms with Gasteiger partial charge in [-0.15, -0.1) is 0 Å². The number of halogens is 3. The summed E-state index contributed by atoms with van der Waals surface area (Å²) in [6.07, 6.45) is -3.04. The molecule has 7 nitrogen and oxygen atoms in total. The van der Waals surface area contributed by atoms with E-state index in [0.717, 1.165) is 47.6 Å². The highest BCUT2D eigenvalue weighted by Crippen LogP contribution is 2.35. The number of anilines is 3. The molecule has 0 spiro atoms. The summed E-state index contributed by atoms with van der Waals surface area (Å²) >= 11 is 0. The van der Waals surface area contributed by atoms with Gasteiger partial charge in [-0.2, -0.15) is 18.2 Å². The van der Waals surface area contributed by atoms with Crippen molar-refractivity contribution in [1.29, 1.82) is 0 Å². The second kappa shape index (κ2) is 10.1. The molecule has 0 saturated carbocycles. The number of aryl methyl sites for hydroxylation is 2. The number of aromatic nitrogens is 4. The summed E-state index contributed by atoms with van der Waals surface area (Å²) < 4.78 is 40.5. The molecule has 0 aromatic carbocycles. The van der Waals surface area contributed by atoms with Gasteiger partial charge in [0.2, 0.25) is 5.95 Å². The Kier molecular flexibility index (Phi) is 7.09. The number of nitrogens with zero attached hydrogens (tertiary/aromatic N) is 7. The molecule has 3 aromatic rings. The minimum atomic E-state index is -4.44. The topological polar surface area (TPSA) is 61.3 Å². The van der Waals surface area contributed by atoms with E-state index in [1.54, 1.807) is 4.90 Å². The lowest BCUT2D eigenvalue weighted by atomic mass is 10.1. The first-order chi connectivity index (χ1) is 16.7. The van der Waals surface area contributed by atoms with Crippen LogP contribution in [-0.2, 0) is 6.18 Å². The van der Waals surface area contributed by atoms with Gasteiger partial charge in [0.05, 0.1) is 11.3 Å². The molecule has 1 saturated heterocycles. The maximum atomic E-state index is 13.5. The molecule has 3 aromatic heterocycles. The highest BCUT2D eigenvalue weighted by Gasteiger charge is 2.36. The van der Waals surface area contributed by atoms with Crippen LogP contribution < -0.4 is 14.7 Å². The number of rotatable bonds is 6. The highest BCUT2D eigenvalue weighted by atomic mass is 19.4. The van der Waals surface area contributed by atoms with E-state index >= 15 is 0 Å². The van der Waals surface area contributed by atoms with E-state index in [1.807, 2.05) is 32.0 Å². The second-order valence-corrected chi connectivity index (χ2v) is 8.57. The third kappa shape index (κ3) is 5.47. The Hall–Kier alpha value is -3.43. The summed E-state index contributed by atoms with van der Waals surface area (Å²) in [5.74, 6) is 1.39. The van der Waals surface area contributed by atoms with Gasteiger partial charge in [-0.05, 0) is 52.0 Å². The van der Waals surface area contributed by atoms with Crippen molar-refractivity contribution in [3.8, 4) is 11.3 Å². The zero-order valence-electron chi connectivity index (χ0n) is 20.5. The second-order valence-electron chi connectivity index (χ2n) is 8.57. The van der Waals surface area contributed by atoms with Crippen molar-refractivity contribution >= 4 is 17.6 Å². The van der Waals surface area contributed by atoms with Crippen LogP contribution in [0.5, 0.6) is 0 Å². The lowest BCUT2D eigenvalue weighted by molar-refractivity contribution is -0.137. The maximum Gasteiger partial charge on any atom is 0.419 e. The third-order valence-electron chi connectivity index (χ3n) is 6.12. The van der Waals surface area contributed by atoms with Gasteiger partial charge in [0, 0.05) is 68.5 Å². The van der Waals surface area contributed by atoms with Crippen molar-refractivity contribution in [2.24, 2.45) is 0 Å². The molecule has 1 aliphatic rings. The molecule has 0 atom stereocenters. The Morgan fingerprint density at radius 2 is 1.51 bits per heavy atom. The standard InChI is InChI=1S/C25H30F3N7/c1-5-33(6-2)24-31-21(19-14-17(3)30-18(4)15-19)16-22(32-24)34-10-12-35(13-11-34)23-20(25(26,27)28)8-7-9-29-23/h7-9,14-16H,5-6,10-13H2,1-4H3. The predicted octanol–water partition coefficient (Wildman–Crippen LogP) is 4.74. The summed E-state index contributed by atoms with van der Waals surface area (Å²) in [6.45, 7) is 11.4. The van der Waals surface area contributed by atoms with Gasteiger partial charge in [0.15, 0.2) is 0 Å². The van der Waals surface area contributed by atoms with Crippen molar-refractivity contribution in [2.75, 3.05) is 54.0 Å². The van der Waals surface area contributed by atoms with E-state index in [-0.39, 0.29) is 5.82 Å². The van der Waals surface area contributed by atoms with Crippen molar-refractivity contribution < 1.29 is 13.2 Å². The quantitative estimate of drug-likeness (QED) is 0.500. The molecule has 0 aliphatic carbocycles. The summed E-state index contributed by atoms with van der Waals surface area (Å²) in [4.78, 5) is 24.1. The Labute approximate surface area is 203 Å². The van der Waals surface area contributed by atoms with Gasteiger partial charge in [0.1, 0.15) is 11.6 Å². The van der Waals surface area contributed by atoms with Crippen LogP contribution in [0.1, 0.15) is 30.8 Å². The lowest BCUT2D eigenvalue weighted by Crippen LogP contribution is -2.47. The minimum absolute atomic E-state index is 0.0189. The predicted molar refractivity (Wildman–Crippen MR) is 132 cm³/mol. The fraction of sp³-hybridized carbons (Fsp3) is 0.440. The number of hydrogen-bond acceptors (Lipinski definition) is 7. The van der Waals surface area contributed by atoms with E-state index in [2.05, 4.69) is 33.6 Å². The van der Waals surface area contributed by atoms with Crippen LogP contribution in [0.3, 0.4) is 0 Å². The first-order valence-corrected chi connectivity index (χ1v) is 11.8. The Bertz CT molecular complexity index is 1150. The fourth-order valence-electron chi connectivity index (χ4n) is 4.38. The third-order valence-corrected chi connectivity index (χ3v) is 6.12. The Morgan fingerprint density at radius 3 is 2.11 bits per heavy atom. The fourth-order valence-corrected chi connectivity index (χ4v) is 4.38. The molecule has 0 amide bonds. The Morgan fingerprint density at radius 1 is 0.886 bits per heavy atom. The lowest BCUT2D eigenvalue weighted by Gasteiger charge is -2.37. The molecule has 35 heavy (non-hydrogen) atoms. The van der Waals surface area contributed by atoms with E-state index in [4.69, 9.17) is 9.97 Å². The molecule has 1 aliphatic heterocycles. The zero-order chi connectivity index (χ0) is 25.2. The molecule has 10 heteroatoms. The van der Waals surface area contributed by atoms with Crippen LogP contribution in [0.25, 0.3) is 11.3 Å². The van der Waals surface area contributed by atoms with Gasteiger partial charge in [0.25, 0.3) is 0 Å². The average Bonchev–Trinajstić information content (AvgIpc) is 2.84. The van der Waals surface area contributed by atoms with Crippen LogP contribution in [0.15, 0.2) is 36.5 Å². The highest BCUT2D eigenvalue weighted by molar-refractivity contribution is 5.66. The molecular formula is C25H30F3N7. The van der Waals surface area contributed by atoms with Crippen LogP contribution in [0, 0.1) is 13.8 Å². The molecule has 0 bridgehead atoms. The average molecular weight is 486 g/mol. The van der Waals surface area contributed by atoms with Crippen molar-refractivity contribution in [3.63, 3.8) is 0 Å². The molecule has 4 rings (SSSR count). The zero-order valence-corrected chi connectivity index (χ0v) is 20.5. The Balaban J connectivity index is 1.64. The van der Waals surface area contributed by atoms with E-state index < -0.39 is 11.7 Å². The SMILES string of the molecule is CCN(CC)c1nc(-c2cc(C)nc(C)c2)cc(N2CCN(c3ncccc3C(F)(F)F)CC2)n1. The van der Waals surface area contributed by atoms with E-state index in [9.17, 15) is 13.2 Å². The monoisotopic (exact) mass is 485 g/mol. The number of hydrogen-bond donors (Lipinski definition) is 0. The number of piperazine rings is 1. The van der Waals surface area contributed by atoms with E-state index in [1.165, 1.54) is 12.3 Å². The maximum absolute atomic E-state index is 13.5. The van der Waals surface area contributed by atoms with Gasteiger partial charge in [-0.25, -0.2) is 9.97 Å². The van der Waals surface area contributed by atoms with Crippen molar-refractivity contribution in [1.82, 2.24) is 19.9 Å². The largest absolute Gasteiger partial charge is 0.419 e. The number of alkyl halides is 3. The molecular weight excluding hydrogens is 455 g/mol. The van der Waals surface area contributed by atoms with Gasteiger partial charge < -0.3 is 14.7 Å². The summed E-state index contributed by atoms with van der Waals surface area (Å²) in [5, 5.41) is 0. The summed E-state index contributed by atoms with van der Waals surface area (Å²) in [6, 6.07) is 8.37. The minimum Gasteiger partial charge on any atom is -0.353 e. The first kappa shape index (κ1) is 24.7. The summed E-state index contributed by atoms with van der Waals surface area (Å²) in [7, 11) is 0. The van der Waals surface area contributed by atoms with Gasteiger partial charge in [-0.3, -0.25) is 4.98 Å². The van der Waals surface area contributed by atoms with Crippen LogP contribution in [0.2, 0.25) is 0 Å². The van der Waals surface area contributed by atoms with E-state index in [0.29, 0.717) is 32.1 Å². The number of pyridine rings is 2. The smallest absolute Gasteiger partial charge is 0.353 e. The van der Waals surface area contributed by atoms with Crippen LogP contribution in [-0.4, -0.2) is 59.2 Å². The summed E-state index contributed by atoms with van der Waals surface area (Å²) in [5.41, 5.74) is 2.89. The molecule has 0 unspecified atom stereocenters.